The third-order valence-electron chi connectivity index (χ3n) is 1.66. The lowest BCUT2D eigenvalue weighted by molar-refractivity contribution is -0.146. The molecular formula is C9H6ClNO3. The van der Waals surface area contributed by atoms with E-state index in [0.29, 0.717) is 5.56 Å². The highest BCUT2D eigenvalue weighted by atomic mass is 35.5. The molecule has 1 unspecified atom stereocenters. The van der Waals surface area contributed by atoms with Gasteiger partial charge in [0, 0.05) is 10.6 Å². The van der Waals surface area contributed by atoms with Crippen LogP contribution < -0.4 is 0 Å². The van der Waals surface area contributed by atoms with E-state index < -0.39 is 12.1 Å². The average Bonchev–Trinajstić information content (AvgIpc) is 2.16. The molecule has 2 N–H and O–H groups in total. The van der Waals surface area contributed by atoms with E-state index in [1.165, 1.54) is 18.2 Å². The maximum atomic E-state index is 10.4. The van der Waals surface area contributed by atoms with Crippen molar-refractivity contribution >= 4 is 17.6 Å². The van der Waals surface area contributed by atoms with Crippen LogP contribution >= 0.6 is 11.6 Å². The molecule has 0 aliphatic rings. The number of carboxylic acid groups (broad SMARTS) is 1. The molecule has 1 aromatic rings. The van der Waals surface area contributed by atoms with E-state index in [4.69, 9.17) is 22.0 Å². The van der Waals surface area contributed by atoms with Gasteiger partial charge in [0.1, 0.15) is 0 Å². The summed E-state index contributed by atoms with van der Waals surface area (Å²) in [5, 5.41) is 26.3. The summed E-state index contributed by atoms with van der Waals surface area (Å²) in [6.07, 6.45) is -1.66. The maximum absolute atomic E-state index is 10.4. The lowest BCUT2D eigenvalue weighted by Crippen LogP contribution is -2.10. The summed E-state index contributed by atoms with van der Waals surface area (Å²) in [5.74, 6) is -1.38. The largest absolute Gasteiger partial charge is 0.479 e. The van der Waals surface area contributed by atoms with Crippen molar-refractivity contribution in [3.63, 3.8) is 0 Å². The highest BCUT2D eigenvalue weighted by molar-refractivity contribution is 6.31. The molecule has 0 heterocycles. The Kier molecular flexibility index (Phi) is 3.07. The van der Waals surface area contributed by atoms with Crippen molar-refractivity contribution < 1.29 is 15.0 Å². The number of halogens is 1. The van der Waals surface area contributed by atoms with Crippen LogP contribution in [0.1, 0.15) is 17.2 Å². The van der Waals surface area contributed by atoms with Gasteiger partial charge in [-0.25, -0.2) is 4.79 Å². The molecule has 1 rings (SSSR count). The summed E-state index contributed by atoms with van der Waals surface area (Å²) in [7, 11) is 0. The van der Waals surface area contributed by atoms with Crippen LogP contribution in [-0.4, -0.2) is 16.2 Å². The normalized spacial score (nSPS) is 11.8. The summed E-state index contributed by atoms with van der Waals surface area (Å²) in [6, 6.07) is 5.87. The van der Waals surface area contributed by atoms with Gasteiger partial charge in [-0.15, -0.1) is 0 Å². The minimum absolute atomic E-state index is 0.0685. The number of benzene rings is 1. The molecule has 1 atom stereocenters. The minimum atomic E-state index is -1.66. The molecule has 0 amide bonds. The Morgan fingerprint density at radius 3 is 2.64 bits per heavy atom. The van der Waals surface area contributed by atoms with Crippen molar-refractivity contribution in [2.75, 3.05) is 0 Å². The van der Waals surface area contributed by atoms with Crippen LogP contribution in [0, 0.1) is 11.3 Å². The van der Waals surface area contributed by atoms with E-state index in [1.807, 2.05) is 6.07 Å². The van der Waals surface area contributed by atoms with E-state index >= 15 is 0 Å². The van der Waals surface area contributed by atoms with Crippen molar-refractivity contribution in [1.82, 2.24) is 0 Å². The highest BCUT2D eigenvalue weighted by Crippen LogP contribution is 2.24. The number of hydrogen-bond donors (Lipinski definition) is 2. The first kappa shape index (κ1) is 10.5. The van der Waals surface area contributed by atoms with Crippen molar-refractivity contribution in [2.45, 2.75) is 6.10 Å². The zero-order chi connectivity index (χ0) is 10.7. The predicted molar refractivity (Wildman–Crippen MR) is 48.8 cm³/mol. The van der Waals surface area contributed by atoms with Gasteiger partial charge in [-0.2, -0.15) is 5.26 Å². The van der Waals surface area contributed by atoms with E-state index in [0.717, 1.165) is 0 Å². The van der Waals surface area contributed by atoms with Gasteiger partial charge in [0.25, 0.3) is 0 Å². The number of rotatable bonds is 2. The van der Waals surface area contributed by atoms with Crippen LogP contribution in [0.15, 0.2) is 18.2 Å². The number of nitriles is 1. The van der Waals surface area contributed by atoms with E-state index in [1.54, 1.807) is 0 Å². The quantitative estimate of drug-likeness (QED) is 0.773. The van der Waals surface area contributed by atoms with Crippen LogP contribution in [0.3, 0.4) is 0 Å². The Balaban J connectivity index is 3.13. The molecule has 0 aliphatic heterocycles. The molecule has 0 spiro atoms. The molecule has 0 radical (unpaired) electrons. The number of aliphatic carboxylic acids is 1. The van der Waals surface area contributed by atoms with Gasteiger partial charge >= 0.3 is 5.97 Å². The van der Waals surface area contributed by atoms with Gasteiger partial charge in [0.05, 0.1) is 11.6 Å². The second kappa shape index (κ2) is 4.09. The number of nitrogens with zero attached hydrogens (tertiary/aromatic N) is 1. The molecule has 0 aromatic heterocycles. The molecule has 0 fully saturated rings. The zero-order valence-corrected chi connectivity index (χ0v) is 7.69. The summed E-state index contributed by atoms with van der Waals surface area (Å²) < 4.78 is 0. The van der Waals surface area contributed by atoms with Crippen LogP contribution in [0.2, 0.25) is 5.02 Å². The smallest absolute Gasteiger partial charge is 0.337 e. The Morgan fingerprint density at radius 1 is 1.57 bits per heavy atom. The summed E-state index contributed by atoms with van der Waals surface area (Å²) in [6.45, 7) is 0. The van der Waals surface area contributed by atoms with Crippen molar-refractivity contribution in [3.8, 4) is 6.07 Å². The standard InChI is InChI=1S/C9H6ClNO3/c10-7-3-5(4-11)1-2-6(7)8(12)9(13)14/h1-3,8,12H,(H,13,14). The fraction of sp³-hybridized carbons (Fsp3) is 0.111. The van der Waals surface area contributed by atoms with Crippen molar-refractivity contribution in [1.29, 1.82) is 5.26 Å². The number of carboxylic acids is 1. The molecule has 0 aliphatic carbocycles. The van der Waals surface area contributed by atoms with E-state index in [2.05, 4.69) is 0 Å². The fourth-order valence-electron chi connectivity index (χ4n) is 0.951. The summed E-state index contributed by atoms with van der Waals surface area (Å²) >= 11 is 5.67. The van der Waals surface area contributed by atoms with Gasteiger partial charge < -0.3 is 10.2 Å². The third-order valence-corrected chi connectivity index (χ3v) is 1.99. The van der Waals surface area contributed by atoms with Crippen LogP contribution in [0.25, 0.3) is 0 Å². The first-order valence-electron chi connectivity index (χ1n) is 3.66. The number of hydrogen-bond acceptors (Lipinski definition) is 3. The van der Waals surface area contributed by atoms with Crippen LogP contribution in [0.5, 0.6) is 0 Å². The van der Waals surface area contributed by atoms with Crippen LogP contribution in [-0.2, 0) is 4.79 Å². The number of aliphatic hydroxyl groups excluding tert-OH is 1. The number of carbonyl (C=O) groups is 1. The van der Waals surface area contributed by atoms with Gasteiger partial charge in [0.15, 0.2) is 6.10 Å². The van der Waals surface area contributed by atoms with Gasteiger partial charge in [-0.1, -0.05) is 17.7 Å². The second-order valence-electron chi connectivity index (χ2n) is 2.59. The Bertz CT molecular complexity index is 411. The molecule has 14 heavy (non-hydrogen) atoms. The fourth-order valence-corrected chi connectivity index (χ4v) is 1.24. The topological polar surface area (TPSA) is 81.3 Å². The molecule has 0 bridgehead atoms. The molecule has 0 saturated heterocycles. The molecule has 0 saturated carbocycles. The van der Waals surface area contributed by atoms with Crippen molar-refractivity contribution in [2.24, 2.45) is 0 Å². The second-order valence-corrected chi connectivity index (χ2v) is 3.00. The predicted octanol–water partition coefficient (Wildman–Crippen LogP) is 1.33. The van der Waals surface area contributed by atoms with Crippen molar-refractivity contribution in [3.05, 3.63) is 34.3 Å². The van der Waals surface area contributed by atoms with E-state index in [-0.39, 0.29) is 10.6 Å². The maximum Gasteiger partial charge on any atom is 0.337 e. The third kappa shape index (κ3) is 2.02. The first-order valence-corrected chi connectivity index (χ1v) is 4.04. The Labute approximate surface area is 85.0 Å². The summed E-state index contributed by atoms with van der Waals surface area (Å²) in [5.41, 5.74) is 0.398. The SMILES string of the molecule is N#Cc1ccc(C(O)C(=O)O)c(Cl)c1. The first-order chi connectivity index (χ1) is 6.56. The molecule has 5 heteroatoms. The molecular weight excluding hydrogens is 206 g/mol. The van der Waals surface area contributed by atoms with Gasteiger partial charge in [-0.3, -0.25) is 0 Å². The Hall–Kier alpha value is -1.57. The van der Waals surface area contributed by atoms with E-state index in [9.17, 15) is 9.90 Å². The molecule has 1 aromatic carbocycles. The average molecular weight is 212 g/mol. The summed E-state index contributed by atoms with van der Waals surface area (Å²) in [4.78, 5) is 10.4. The zero-order valence-electron chi connectivity index (χ0n) is 6.94. The van der Waals surface area contributed by atoms with Gasteiger partial charge in [0.2, 0.25) is 0 Å². The highest BCUT2D eigenvalue weighted by Gasteiger charge is 2.18. The lowest BCUT2D eigenvalue weighted by Gasteiger charge is -2.07. The number of aliphatic hydroxyl groups is 1. The lowest BCUT2D eigenvalue weighted by atomic mass is 10.1. The van der Waals surface area contributed by atoms with Crippen LogP contribution in [0.4, 0.5) is 0 Å². The molecule has 72 valence electrons. The van der Waals surface area contributed by atoms with Gasteiger partial charge in [-0.05, 0) is 12.1 Å². The monoisotopic (exact) mass is 211 g/mol. The Morgan fingerprint density at radius 2 is 2.21 bits per heavy atom. The molecule has 4 nitrogen and oxygen atoms in total. The minimum Gasteiger partial charge on any atom is -0.479 e.